The van der Waals surface area contributed by atoms with Crippen LogP contribution in [-0.4, -0.2) is 37.4 Å². The minimum atomic E-state index is -0.500. The van der Waals surface area contributed by atoms with Crippen molar-refractivity contribution in [2.24, 2.45) is 12.8 Å². The third kappa shape index (κ3) is 2.69. The van der Waals surface area contributed by atoms with E-state index in [-0.39, 0.29) is 18.8 Å². The van der Waals surface area contributed by atoms with Crippen molar-refractivity contribution in [2.45, 2.75) is 26.9 Å². The summed E-state index contributed by atoms with van der Waals surface area (Å²) >= 11 is 0. The molecule has 2 heterocycles. The zero-order valence-corrected chi connectivity index (χ0v) is 11.8. The van der Waals surface area contributed by atoms with Gasteiger partial charge in [0.05, 0.1) is 30.2 Å². The van der Waals surface area contributed by atoms with Crippen LogP contribution < -0.4 is 5.73 Å². The highest BCUT2D eigenvalue weighted by molar-refractivity contribution is 5.88. The van der Waals surface area contributed by atoms with E-state index >= 15 is 0 Å². The molecule has 0 spiro atoms. The van der Waals surface area contributed by atoms with Gasteiger partial charge in [0.25, 0.3) is 0 Å². The van der Waals surface area contributed by atoms with Gasteiger partial charge in [0.2, 0.25) is 0 Å². The van der Waals surface area contributed by atoms with Crippen molar-refractivity contribution in [1.29, 1.82) is 0 Å². The summed E-state index contributed by atoms with van der Waals surface area (Å²) in [6, 6.07) is 1.95. The lowest BCUT2D eigenvalue weighted by atomic mass is 10.3. The van der Waals surface area contributed by atoms with Gasteiger partial charge < -0.3 is 10.5 Å². The number of esters is 1. The van der Waals surface area contributed by atoms with E-state index in [2.05, 4.69) is 15.4 Å². The smallest absolute Gasteiger partial charge is 0.360 e. The highest BCUT2D eigenvalue weighted by atomic mass is 16.5. The molecule has 2 N–H and O–H groups in total. The first-order chi connectivity index (χ1) is 9.56. The number of rotatable bonds is 5. The minimum absolute atomic E-state index is 0.165. The predicted molar refractivity (Wildman–Crippen MR) is 70.9 cm³/mol. The summed E-state index contributed by atoms with van der Waals surface area (Å²) in [5.74, 6) is -0.500. The van der Waals surface area contributed by atoms with Crippen LogP contribution in [0.1, 0.15) is 34.5 Å². The maximum Gasteiger partial charge on any atom is 0.360 e. The van der Waals surface area contributed by atoms with Crippen molar-refractivity contribution in [3.05, 3.63) is 28.8 Å². The van der Waals surface area contributed by atoms with Crippen LogP contribution in [0.25, 0.3) is 0 Å². The van der Waals surface area contributed by atoms with Crippen molar-refractivity contribution < 1.29 is 9.53 Å². The molecule has 0 amide bonds. The van der Waals surface area contributed by atoms with Gasteiger partial charge in [0, 0.05) is 13.6 Å². The molecule has 0 atom stereocenters. The number of aryl methyl sites for hydroxylation is 2. The Balaban J connectivity index is 2.29. The fraction of sp³-hybridized carbons (Fsp3) is 0.500. The van der Waals surface area contributed by atoms with Gasteiger partial charge in [-0.3, -0.25) is 4.68 Å². The number of hydrogen-bond donors (Lipinski definition) is 1. The van der Waals surface area contributed by atoms with E-state index in [1.807, 2.05) is 20.0 Å². The number of hydrogen-bond acceptors (Lipinski definition) is 6. The van der Waals surface area contributed by atoms with Gasteiger partial charge in [-0.25, -0.2) is 9.48 Å². The summed E-state index contributed by atoms with van der Waals surface area (Å²) in [6.07, 6.45) is 0. The molecule has 0 saturated carbocycles. The second-order valence-electron chi connectivity index (χ2n) is 4.37. The van der Waals surface area contributed by atoms with E-state index in [0.29, 0.717) is 12.2 Å². The van der Waals surface area contributed by atoms with E-state index in [9.17, 15) is 4.79 Å². The molecule has 0 bridgehead atoms. The fourth-order valence-corrected chi connectivity index (χ4v) is 1.99. The van der Waals surface area contributed by atoms with Gasteiger partial charge in [-0.05, 0) is 19.9 Å². The molecule has 2 aromatic rings. The summed E-state index contributed by atoms with van der Waals surface area (Å²) in [6.45, 7) is 4.56. The first-order valence-corrected chi connectivity index (χ1v) is 6.35. The fourth-order valence-electron chi connectivity index (χ4n) is 1.99. The Labute approximate surface area is 116 Å². The Kier molecular flexibility index (Phi) is 4.14. The average molecular weight is 278 g/mol. The van der Waals surface area contributed by atoms with Crippen LogP contribution in [-0.2, 0) is 24.9 Å². The van der Waals surface area contributed by atoms with Gasteiger partial charge in [-0.2, -0.15) is 5.10 Å². The van der Waals surface area contributed by atoms with E-state index in [0.717, 1.165) is 11.4 Å². The first kappa shape index (κ1) is 14.2. The van der Waals surface area contributed by atoms with Crippen molar-refractivity contribution in [3.8, 4) is 0 Å². The Hall–Kier alpha value is -2.22. The second-order valence-corrected chi connectivity index (χ2v) is 4.37. The third-order valence-electron chi connectivity index (χ3n) is 2.91. The molecule has 0 saturated heterocycles. The molecule has 0 aromatic carbocycles. The van der Waals surface area contributed by atoms with Crippen LogP contribution in [0.3, 0.4) is 0 Å². The molecule has 0 fully saturated rings. The van der Waals surface area contributed by atoms with Gasteiger partial charge in [-0.1, -0.05) is 5.21 Å². The third-order valence-corrected chi connectivity index (χ3v) is 2.91. The SMILES string of the molecule is CCOC(=O)c1nnn(Cc2cc(C)nn2C)c1CN. The number of ether oxygens (including phenoxy) is 1. The number of nitrogens with zero attached hydrogens (tertiary/aromatic N) is 5. The Morgan fingerprint density at radius 1 is 1.50 bits per heavy atom. The molecular formula is C12H18N6O2. The lowest BCUT2D eigenvalue weighted by Gasteiger charge is -2.06. The van der Waals surface area contributed by atoms with Crippen LogP contribution in [0.15, 0.2) is 6.07 Å². The van der Waals surface area contributed by atoms with E-state index in [1.54, 1.807) is 16.3 Å². The maximum atomic E-state index is 11.8. The van der Waals surface area contributed by atoms with E-state index < -0.39 is 5.97 Å². The lowest BCUT2D eigenvalue weighted by molar-refractivity contribution is 0.0518. The minimum Gasteiger partial charge on any atom is -0.461 e. The van der Waals surface area contributed by atoms with Crippen LogP contribution in [0.2, 0.25) is 0 Å². The standard InChI is InChI=1S/C12H18N6O2/c1-4-20-12(19)11-10(6-13)18(16-14-11)7-9-5-8(2)15-17(9)3/h5H,4,6-7,13H2,1-3H3. The predicted octanol–water partition coefficient (Wildman–Crippen LogP) is 0.00372. The molecule has 2 aromatic heterocycles. The van der Waals surface area contributed by atoms with Crippen LogP contribution in [0.5, 0.6) is 0 Å². The van der Waals surface area contributed by atoms with Crippen molar-refractivity contribution in [1.82, 2.24) is 24.8 Å². The molecule has 108 valence electrons. The normalized spacial score (nSPS) is 10.8. The van der Waals surface area contributed by atoms with Crippen LogP contribution >= 0.6 is 0 Å². The molecule has 0 unspecified atom stereocenters. The van der Waals surface area contributed by atoms with Crippen molar-refractivity contribution in [2.75, 3.05) is 6.61 Å². The Morgan fingerprint density at radius 3 is 2.80 bits per heavy atom. The second kappa shape index (κ2) is 5.83. The van der Waals surface area contributed by atoms with Crippen LogP contribution in [0, 0.1) is 6.92 Å². The molecule has 8 heteroatoms. The lowest BCUT2D eigenvalue weighted by Crippen LogP contribution is -2.15. The summed E-state index contributed by atoms with van der Waals surface area (Å²) in [7, 11) is 1.85. The number of nitrogens with two attached hydrogens (primary N) is 1. The van der Waals surface area contributed by atoms with Gasteiger partial charge in [0.15, 0.2) is 5.69 Å². The highest BCUT2D eigenvalue weighted by Crippen LogP contribution is 2.10. The summed E-state index contributed by atoms with van der Waals surface area (Å²) in [4.78, 5) is 11.8. The first-order valence-electron chi connectivity index (χ1n) is 6.35. The number of carbonyl (C=O) groups is 1. The summed E-state index contributed by atoms with van der Waals surface area (Å²) in [5, 5.41) is 12.1. The molecule has 0 aliphatic rings. The largest absolute Gasteiger partial charge is 0.461 e. The zero-order chi connectivity index (χ0) is 14.7. The quantitative estimate of drug-likeness (QED) is 0.773. The molecule has 20 heavy (non-hydrogen) atoms. The van der Waals surface area contributed by atoms with Crippen molar-refractivity contribution in [3.63, 3.8) is 0 Å². The van der Waals surface area contributed by atoms with E-state index in [1.165, 1.54) is 0 Å². The Morgan fingerprint density at radius 2 is 2.25 bits per heavy atom. The molecule has 0 aliphatic carbocycles. The topological polar surface area (TPSA) is 101 Å². The zero-order valence-electron chi connectivity index (χ0n) is 11.8. The van der Waals surface area contributed by atoms with Gasteiger partial charge in [0.1, 0.15) is 0 Å². The van der Waals surface area contributed by atoms with Gasteiger partial charge >= 0.3 is 5.97 Å². The number of aromatic nitrogens is 5. The monoisotopic (exact) mass is 278 g/mol. The molecule has 8 nitrogen and oxygen atoms in total. The maximum absolute atomic E-state index is 11.8. The summed E-state index contributed by atoms with van der Waals surface area (Å²) < 4.78 is 8.30. The average Bonchev–Trinajstić information content (AvgIpc) is 2.94. The Bertz CT molecular complexity index is 615. The summed E-state index contributed by atoms with van der Waals surface area (Å²) in [5.41, 5.74) is 8.30. The number of carbonyl (C=O) groups excluding carboxylic acids is 1. The molecular weight excluding hydrogens is 260 g/mol. The molecule has 0 aliphatic heterocycles. The molecule has 2 rings (SSSR count). The molecule has 0 radical (unpaired) electrons. The highest BCUT2D eigenvalue weighted by Gasteiger charge is 2.20. The van der Waals surface area contributed by atoms with E-state index in [4.69, 9.17) is 10.5 Å². The van der Waals surface area contributed by atoms with Crippen LogP contribution in [0.4, 0.5) is 0 Å². The van der Waals surface area contributed by atoms with Crippen molar-refractivity contribution >= 4 is 5.97 Å². The van der Waals surface area contributed by atoms with Gasteiger partial charge in [-0.15, -0.1) is 5.10 Å².